The zero-order chi connectivity index (χ0) is 28.5. The number of hydrogen-bond acceptors (Lipinski definition) is 0. The summed E-state index contributed by atoms with van der Waals surface area (Å²) in [4.78, 5) is 0. The maximum atomic E-state index is 3.92. The molecular formula is C41H33N. The average molecular weight is 540 g/mol. The maximum Gasteiger partial charge on any atom is 0.0541 e. The standard InChI is InChI=1S/C41H33N/c1-3-12-30(31-13-5-4-6-14-31)23-26-41(2)27-24-32(25-28-41)34-21-22-40-37(29-34)36-18-9-10-19-39(36)42(40)38-20-11-16-33-15-7-8-17-35(33)38/h3-27,29H,1,28H2,2H3/b26-23-,30-12+. The molecule has 1 heteroatoms. The summed E-state index contributed by atoms with van der Waals surface area (Å²) in [5, 5.41) is 5.07. The fourth-order valence-electron chi connectivity index (χ4n) is 6.18. The van der Waals surface area contributed by atoms with E-state index in [9.17, 15) is 0 Å². The van der Waals surface area contributed by atoms with Gasteiger partial charge in [0, 0.05) is 21.6 Å². The molecule has 0 amide bonds. The molecule has 5 aromatic carbocycles. The molecule has 0 saturated heterocycles. The van der Waals surface area contributed by atoms with Crippen LogP contribution in [0.1, 0.15) is 24.5 Å². The molecule has 1 unspecified atom stereocenters. The van der Waals surface area contributed by atoms with Crippen LogP contribution in [0.5, 0.6) is 0 Å². The predicted octanol–water partition coefficient (Wildman–Crippen LogP) is 11.1. The van der Waals surface area contributed by atoms with Gasteiger partial charge in [-0.1, -0.05) is 147 Å². The molecule has 1 atom stereocenters. The summed E-state index contributed by atoms with van der Waals surface area (Å²) in [5.74, 6) is 0. The summed E-state index contributed by atoms with van der Waals surface area (Å²) in [6.45, 7) is 6.22. The summed E-state index contributed by atoms with van der Waals surface area (Å²) < 4.78 is 2.42. The molecule has 1 aliphatic rings. The van der Waals surface area contributed by atoms with E-state index in [0.29, 0.717) is 0 Å². The molecule has 0 fully saturated rings. The van der Waals surface area contributed by atoms with Crippen LogP contribution in [0.3, 0.4) is 0 Å². The number of allylic oxidation sites excluding steroid dienone is 9. The molecule has 7 rings (SSSR count). The second kappa shape index (κ2) is 10.7. The Bertz CT molecular complexity index is 2080. The third kappa shape index (κ3) is 4.63. The van der Waals surface area contributed by atoms with Crippen molar-refractivity contribution < 1.29 is 0 Å². The first kappa shape index (κ1) is 25.8. The van der Waals surface area contributed by atoms with Gasteiger partial charge >= 0.3 is 0 Å². The molecule has 6 aromatic rings. The Morgan fingerprint density at radius 3 is 2.31 bits per heavy atom. The number of hydrogen-bond donors (Lipinski definition) is 0. The number of para-hydroxylation sites is 1. The largest absolute Gasteiger partial charge is 0.309 e. The van der Waals surface area contributed by atoms with Gasteiger partial charge in [0.2, 0.25) is 0 Å². The molecule has 0 bridgehead atoms. The lowest BCUT2D eigenvalue weighted by Crippen LogP contribution is -2.11. The fraction of sp³-hybridized carbons (Fsp3) is 0.0732. The van der Waals surface area contributed by atoms with Crippen LogP contribution in [0.15, 0.2) is 164 Å². The van der Waals surface area contributed by atoms with Crippen molar-refractivity contribution in [1.82, 2.24) is 4.57 Å². The molecule has 42 heavy (non-hydrogen) atoms. The van der Waals surface area contributed by atoms with Crippen LogP contribution in [-0.2, 0) is 0 Å². The second-order valence-electron chi connectivity index (χ2n) is 11.3. The summed E-state index contributed by atoms with van der Waals surface area (Å²) >= 11 is 0. The first-order valence-corrected chi connectivity index (χ1v) is 14.6. The van der Waals surface area contributed by atoms with Gasteiger partial charge in [-0.05, 0) is 58.3 Å². The first-order chi connectivity index (χ1) is 20.6. The van der Waals surface area contributed by atoms with Gasteiger partial charge in [0.1, 0.15) is 0 Å². The highest BCUT2D eigenvalue weighted by atomic mass is 15.0. The van der Waals surface area contributed by atoms with E-state index in [0.717, 1.165) is 6.42 Å². The van der Waals surface area contributed by atoms with Crippen molar-refractivity contribution in [2.45, 2.75) is 13.3 Å². The zero-order valence-electron chi connectivity index (χ0n) is 23.9. The van der Waals surface area contributed by atoms with Gasteiger partial charge in [-0.25, -0.2) is 0 Å². The van der Waals surface area contributed by atoms with Gasteiger partial charge in [0.05, 0.1) is 16.7 Å². The molecule has 0 spiro atoms. The normalized spacial score (nSPS) is 17.4. The van der Waals surface area contributed by atoms with E-state index < -0.39 is 0 Å². The number of aromatic nitrogens is 1. The summed E-state index contributed by atoms with van der Waals surface area (Å²) in [6, 6.07) is 41.4. The molecule has 0 N–H and O–H groups in total. The van der Waals surface area contributed by atoms with Gasteiger partial charge < -0.3 is 4.57 Å². The van der Waals surface area contributed by atoms with E-state index in [1.807, 2.05) is 6.08 Å². The number of rotatable bonds is 6. The van der Waals surface area contributed by atoms with Crippen LogP contribution in [0.4, 0.5) is 0 Å². The van der Waals surface area contributed by atoms with Gasteiger partial charge in [0.15, 0.2) is 0 Å². The molecule has 202 valence electrons. The van der Waals surface area contributed by atoms with E-state index in [1.165, 1.54) is 60.5 Å². The van der Waals surface area contributed by atoms with Crippen LogP contribution >= 0.6 is 0 Å². The molecule has 1 nitrogen and oxygen atoms in total. The van der Waals surface area contributed by atoms with Crippen molar-refractivity contribution in [1.29, 1.82) is 0 Å². The number of fused-ring (bicyclic) bond motifs is 4. The Morgan fingerprint density at radius 2 is 1.50 bits per heavy atom. The monoisotopic (exact) mass is 539 g/mol. The lowest BCUT2D eigenvalue weighted by atomic mass is 9.80. The van der Waals surface area contributed by atoms with E-state index in [4.69, 9.17) is 0 Å². The maximum absolute atomic E-state index is 3.92. The Morgan fingerprint density at radius 1 is 0.762 bits per heavy atom. The average Bonchev–Trinajstić information content (AvgIpc) is 3.37. The van der Waals surface area contributed by atoms with Crippen molar-refractivity contribution >= 4 is 43.7 Å². The highest BCUT2D eigenvalue weighted by Gasteiger charge is 2.21. The van der Waals surface area contributed by atoms with Crippen molar-refractivity contribution in [3.8, 4) is 5.69 Å². The van der Waals surface area contributed by atoms with Crippen LogP contribution < -0.4 is 0 Å². The lowest BCUT2D eigenvalue weighted by Gasteiger charge is -2.25. The van der Waals surface area contributed by atoms with Gasteiger partial charge in [-0.3, -0.25) is 0 Å². The van der Waals surface area contributed by atoms with Crippen molar-refractivity contribution in [2.75, 3.05) is 0 Å². The smallest absolute Gasteiger partial charge is 0.0541 e. The molecule has 0 radical (unpaired) electrons. The Kier molecular flexibility index (Phi) is 6.56. The minimum absolute atomic E-state index is 0.0486. The van der Waals surface area contributed by atoms with Gasteiger partial charge in [0.25, 0.3) is 0 Å². The molecule has 1 heterocycles. The second-order valence-corrected chi connectivity index (χ2v) is 11.3. The minimum Gasteiger partial charge on any atom is -0.309 e. The predicted molar refractivity (Wildman–Crippen MR) is 182 cm³/mol. The van der Waals surface area contributed by atoms with Gasteiger partial charge in [-0.15, -0.1) is 0 Å². The summed E-state index contributed by atoms with van der Waals surface area (Å²) in [5.41, 5.74) is 8.52. The highest BCUT2D eigenvalue weighted by Crippen LogP contribution is 2.39. The molecule has 1 aliphatic carbocycles. The van der Waals surface area contributed by atoms with E-state index in [-0.39, 0.29) is 5.41 Å². The Hall–Kier alpha value is -5.14. The topological polar surface area (TPSA) is 4.93 Å². The summed E-state index contributed by atoms with van der Waals surface area (Å²) in [7, 11) is 0. The Balaban J connectivity index is 1.24. The zero-order valence-corrected chi connectivity index (χ0v) is 23.9. The molecule has 0 aliphatic heterocycles. The van der Waals surface area contributed by atoms with E-state index in [1.54, 1.807) is 0 Å². The van der Waals surface area contributed by atoms with Crippen molar-refractivity contribution in [3.05, 3.63) is 175 Å². The lowest BCUT2D eigenvalue weighted by molar-refractivity contribution is 0.558. The number of benzene rings is 5. The third-order valence-corrected chi connectivity index (χ3v) is 8.47. The summed E-state index contributed by atoms with van der Waals surface area (Å²) in [6.07, 6.45) is 16.5. The third-order valence-electron chi connectivity index (χ3n) is 8.47. The fourth-order valence-corrected chi connectivity index (χ4v) is 6.18. The van der Waals surface area contributed by atoms with Gasteiger partial charge in [-0.2, -0.15) is 0 Å². The van der Waals surface area contributed by atoms with E-state index in [2.05, 4.69) is 170 Å². The van der Waals surface area contributed by atoms with Crippen molar-refractivity contribution in [2.24, 2.45) is 5.41 Å². The molecule has 0 saturated carbocycles. The number of nitrogens with zero attached hydrogens (tertiary/aromatic N) is 1. The molecule has 1 aromatic heterocycles. The van der Waals surface area contributed by atoms with E-state index >= 15 is 0 Å². The minimum atomic E-state index is -0.0486. The quantitative estimate of drug-likeness (QED) is 0.186. The Labute approximate surface area is 247 Å². The van der Waals surface area contributed by atoms with Crippen LogP contribution in [-0.4, -0.2) is 4.57 Å². The first-order valence-electron chi connectivity index (χ1n) is 14.6. The van der Waals surface area contributed by atoms with Crippen molar-refractivity contribution in [3.63, 3.8) is 0 Å². The highest BCUT2D eigenvalue weighted by molar-refractivity contribution is 6.11. The molecular weight excluding hydrogens is 506 g/mol. The van der Waals surface area contributed by atoms with Crippen LogP contribution in [0.2, 0.25) is 0 Å². The van der Waals surface area contributed by atoms with Crippen LogP contribution in [0, 0.1) is 5.41 Å². The SMILES string of the molecule is C=C/C=C(\C=C/C1(C)C=CC(c2ccc3c(c2)c2ccccc2n3-c2cccc3ccccc23)=CC1)c1ccccc1. The van der Waals surface area contributed by atoms with Crippen LogP contribution in [0.25, 0.3) is 49.4 Å².